The third kappa shape index (κ3) is 6.43. The largest absolute Gasteiger partial charge is 0.354 e. The van der Waals surface area contributed by atoms with Gasteiger partial charge in [-0.25, -0.2) is 0 Å². The number of hydrogen-bond donors (Lipinski definition) is 3. The average molecular weight is 480 g/mol. The Morgan fingerprint density at radius 3 is 2.00 bits per heavy atom. The molecule has 4 bridgehead atoms. The molecule has 0 amide bonds. The van der Waals surface area contributed by atoms with Gasteiger partial charge in [-0.15, -0.1) is 0 Å². The van der Waals surface area contributed by atoms with E-state index >= 15 is 0 Å². The molecule has 0 atom stereocenters. The summed E-state index contributed by atoms with van der Waals surface area (Å²) in [4.78, 5) is 16.8. The molecule has 3 N–H and O–H groups in total. The van der Waals surface area contributed by atoms with Crippen molar-refractivity contribution in [2.75, 3.05) is 42.1 Å². The molecule has 4 aliphatic rings. The van der Waals surface area contributed by atoms with E-state index in [9.17, 15) is 0 Å². The van der Waals surface area contributed by atoms with Crippen molar-refractivity contribution in [1.82, 2.24) is 19.9 Å². The Morgan fingerprint density at radius 1 is 0.829 bits per heavy atom. The molecule has 4 saturated carbocycles. The Bertz CT molecular complexity index is 893. The number of benzene rings is 1. The second kappa shape index (κ2) is 11.5. The van der Waals surface area contributed by atoms with E-state index in [-0.39, 0.29) is 13.0 Å². The van der Waals surface area contributed by atoms with Crippen LogP contribution in [-0.4, -0.2) is 51.6 Å². The van der Waals surface area contributed by atoms with Gasteiger partial charge in [0.05, 0.1) is 0 Å². The molecule has 0 radical (unpaired) electrons. The minimum absolute atomic E-state index is 0. The zero-order valence-electron chi connectivity index (χ0n) is 20.9. The first kappa shape index (κ1) is 25.7. The predicted octanol–water partition coefficient (Wildman–Crippen LogP) is 5.64. The molecule has 7 nitrogen and oxygen atoms in total. The summed E-state index contributed by atoms with van der Waals surface area (Å²) < 4.78 is 0. The van der Waals surface area contributed by atoms with Gasteiger partial charge in [0, 0.05) is 18.6 Å². The molecule has 1 aromatic carbocycles. The van der Waals surface area contributed by atoms with Crippen LogP contribution in [0.3, 0.4) is 0 Å². The van der Waals surface area contributed by atoms with Gasteiger partial charge in [-0.1, -0.05) is 51.6 Å². The van der Waals surface area contributed by atoms with E-state index in [0.29, 0.717) is 18.4 Å². The summed E-state index contributed by atoms with van der Waals surface area (Å²) in [7, 11) is 0. The van der Waals surface area contributed by atoms with Crippen molar-refractivity contribution in [2.24, 2.45) is 17.8 Å². The van der Waals surface area contributed by atoms with Gasteiger partial charge >= 0.3 is 0 Å². The fraction of sp³-hybridized carbons (Fsp3) is 0.679. The van der Waals surface area contributed by atoms with E-state index < -0.39 is 0 Å². The zero-order valence-corrected chi connectivity index (χ0v) is 20.9. The SMILES string of the molecule is C.CCN(CC)CCCNc1nc(NCc2ccccc2)nc(NC23CC4CC(CC(C4)C2)C3)n1. The number of anilines is 3. The molecule has 2 aromatic rings. The Morgan fingerprint density at radius 2 is 1.40 bits per heavy atom. The van der Waals surface area contributed by atoms with Crippen molar-refractivity contribution in [3.8, 4) is 0 Å². The first-order valence-electron chi connectivity index (χ1n) is 13.4. The van der Waals surface area contributed by atoms with Crippen molar-refractivity contribution >= 4 is 17.8 Å². The van der Waals surface area contributed by atoms with Crippen LogP contribution in [0.15, 0.2) is 30.3 Å². The molecule has 7 heteroatoms. The van der Waals surface area contributed by atoms with E-state index in [4.69, 9.17) is 15.0 Å². The van der Waals surface area contributed by atoms with Crippen molar-refractivity contribution in [3.63, 3.8) is 0 Å². The molecule has 4 aliphatic carbocycles. The molecule has 0 spiro atoms. The van der Waals surface area contributed by atoms with Crippen LogP contribution in [0.1, 0.15) is 71.8 Å². The molecular weight excluding hydrogens is 434 g/mol. The highest BCUT2D eigenvalue weighted by atomic mass is 15.3. The van der Waals surface area contributed by atoms with Crippen molar-refractivity contribution in [3.05, 3.63) is 35.9 Å². The summed E-state index contributed by atoms with van der Waals surface area (Å²) in [5.41, 5.74) is 1.39. The van der Waals surface area contributed by atoms with Crippen LogP contribution >= 0.6 is 0 Å². The Balaban J connectivity index is 0.00000289. The molecule has 0 unspecified atom stereocenters. The van der Waals surface area contributed by atoms with E-state index in [2.05, 4.69) is 59.0 Å². The van der Waals surface area contributed by atoms with Gasteiger partial charge in [-0.3, -0.25) is 0 Å². The summed E-state index contributed by atoms with van der Waals surface area (Å²) in [6.07, 6.45) is 9.17. The maximum absolute atomic E-state index is 4.82. The standard InChI is InChI=1S/C27H41N7.CH4/c1-3-34(4-2)12-8-11-28-24-30-25(29-19-20-9-6-5-7-10-20)32-26(31-24)33-27-16-21-13-22(17-27)15-23(14-21)18-27;/h5-7,9-10,21-23H,3-4,8,11-19H2,1-2H3,(H3,28,29,30,31,32,33);1H4. The van der Waals surface area contributed by atoms with E-state index in [1.165, 1.54) is 44.1 Å². The first-order chi connectivity index (χ1) is 16.6. The summed E-state index contributed by atoms with van der Waals surface area (Å²) >= 11 is 0. The molecule has 1 aromatic heterocycles. The minimum atomic E-state index is 0. The van der Waals surface area contributed by atoms with E-state index in [1.807, 2.05) is 6.07 Å². The maximum Gasteiger partial charge on any atom is 0.229 e. The quantitative estimate of drug-likeness (QED) is 0.340. The Hall–Kier alpha value is -2.41. The van der Waals surface area contributed by atoms with E-state index in [1.54, 1.807) is 0 Å². The van der Waals surface area contributed by atoms with Crippen LogP contribution in [0.2, 0.25) is 0 Å². The third-order valence-electron chi connectivity index (χ3n) is 8.17. The Kier molecular flexibility index (Phi) is 8.47. The molecule has 35 heavy (non-hydrogen) atoms. The van der Waals surface area contributed by atoms with Gasteiger partial charge < -0.3 is 20.9 Å². The fourth-order valence-electron chi connectivity index (χ4n) is 6.91. The van der Waals surface area contributed by atoms with Gasteiger partial charge in [0.1, 0.15) is 0 Å². The minimum Gasteiger partial charge on any atom is -0.354 e. The van der Waals surface area contributed by atoms with Crippen LogP contribution in [0.5, 0.6) is 0 Å². The fourth-order valence-corrected chi connectivity index (χ4v) is 6.91. The van der Waals surface area contributed by atoms with Crippen molar-refractivity contribution in [1.29, 1.82) is 0 Å². The summed E-state index contributed by atoms with van der Waals surface area (Å²) in [5.74, 6) is 4.67. The molecule has 0 aliphatic heterocycles. The topological polar surface area (TPSA) is 78.0 Å². The first-order valence-corrected chi connectivity index (χ1v) is 13.4. The van der Waals surface area contributed by atoms with E-state index in [0.717, 1.165) is 56.3 Å². The molecular formula is C28H45N7. The van der Waals surface area contributed by atoms with Crippen LogP contribution < -0.4 is 16.0 Å². The van der Waals surface area contributed by atoms with Crippen LogP contribution in [0, 0.1) is 17.8 Å². The van der Waals surface area contributed by atoms with Crippen molar-refractivity contribution in [2.45, 2.75) is 78.3 Å². The highest BCUT2D eigenvalue weighted by Gasteiger charge is 2.51. The number of rotatable bonds is 12. The van der Waals surface area contributed by atoms with Crippen LogP contribution in [0.25, 0.3) is 0 Å². The normalized spacial score (nSPS) is 26.4. The summed E-state index contributed by atoms with van der Waals surface area (Å²) in [6.45, 7) is 9.26. The highest BCUT2D eigenvalue weighted by molar-refractivity contribution is 5.44. The molecule has 6 rings (SSSR count). The zero-order chi connectivity index (χ0) is 23.4. The maximum atomic E-state index is 4.82. The van der Waals surface area contributed by atoms with Crippen LogP contribution in [-0.2, 0) is 6.54 Å². The van der Waals surface area contributed by atoms with Gasteiger partial charge in [-0.05, 0) is 87.9 Å². The second-order valence-electron chi connectivity index (χ2n) is 10.8. The average Bonchev–Trinajstić information content (AvgIpc) is 2.82. The lowest BCUT2D eigenvalue weighted by atomic mass is 9.53. The van der Waals surface area contributed by atoms with Crippen molar-refractivity contribution < 1.29 is 0 Å². The molecule has 4 fully saturated rings. The number of aromatic nitrogens is 3. The van der Waals surface area contributed by atoms with Gasteiger partial charge in [0.25, 0.3) is 0 Å². The number of nitrogens with zero attached hydrogens (tertiary/aromatic N) is 4. The monoisotopic (exact) mass is 479 g/mol. The van der Waals surface area contributed by atoms with Gasteiger partial charge in [0.15, 0.2) is 0 Å². The second-order valence-corrected chi connectivity index (χ2v) is 10.8. The molecule has 1 heterocycles. The number of nitrogens with one attached hydrogen (secondary N) is 3. The summed E-state index contributed by atoms with van der Waals surface area (Å²) in [5, 5.41) is 10.7. The Labute approximate surface area is 211 Å². The smallest absolute Gasteiger partial charge is 0.229 e. The lowest BCUT2D eigenvalue weighted by molar-refractivity contribution is 0.0103. The predicted molar refractivity (Wildman–Crippen MR) is 146 cm³/mol. The van der Waals surface area contributed by atoms with Gasteiger partial charge in [0.2, 0.25) is 17.8 Å². The third-order valence-corrected chi connectivity index (χ3v) is 8.17. The number of hydrogen-bond acceptors (Lipinski definition) is 7. The lowest BCUT2D eigenvalue weighted by Crippen LogP contribution is -2.55. The highest BCUT2D eigenvalue weighted by Crippen LogP contribution is 2.56. The van der Waals surface area contributed by atoms with Crippen LogP contribution in [0.4, 0.5) is 17.8 Å². The molecule has 0 saturated heterocycles. The summed E-state index contributed by atoms with van der Waals surface area (Å²) in [6, 6.07) is 10.4. The molecule has 192 valence electrons. The van der Waals surface area contributed by atoms with Gasteiger partial charge in [-0.2, -0.15) is 15.0 Å². The lowest BCUT2D eigenvalue weighted by Gasteiger charge is -2.56.